The molecular formula is C20H22F3N5O5. The van der Waals surface area contributed by atoms with Crippen LogP contribution in [0.2, 0.25) is 0 Å². The van der Waals surface area contributed by atoms with E-state index in [1.165, 1.54) is 23.2 Å². The molecule has 1 fully saturated rings. The number of nitro groups is 1. The van der Waals surface area contributed by atoms with Crippen molar-refractivity contribution >= 4 is 11.9 Å². The lowest BCUT2D eigenvalue weighted by atomic mass is 9.99. The molecule has 10 nitrogen and oxygen atoms in total. The van der Waals surface area contributed by atoms with Gasteiger partial charge in [-0.1, -0.05) is 12.1 Å². The van der Waals surface area contributed by atoms with Gasteiger partial charge in [0.05, 0.1) is 18.2 Å². The van der Waals surface area contributed by atoms with Crippen molar-refractivity contribution in [1.29, 1.82) is 0 Å². The van der Waals surface area contributed by atoms with E-state index in [0.29, 0.717) is 31.7 Å². The fourth-order valence-corrected chi connectivity index (χ4v) is 4.43. The lowest BCUT2D eigenvalue weighted by Gasteiger charge is -2.42. The van der Waals surface area contributed by atoms with Crippen LogP contribution in [0.1, 0.15) is 18.1 Å². The van der Waals surface area contributed by atoms with Crippen molar-refractivity contribution in [2.24, 2.45) is 0 Å². The quantitative estimate of drug-likeness (QED) is 0.529. The number of carbonyl (C=O) groups is 1. The Kier molecular flexibility index (Phi) is 5.68. The number of alkyl halides is 3. The fourth-order valence-electron chi connectivity index (χ4n) is 4.43. The number of halogens is 3. The Morgan fingerprint density at radius 3 is 2.61 bits per heavy atom. The standard InChI is InChI=1S/C20H22F3N5O5/c1-19(12-26-10-16(28(31)32)24-17(26)33-19)11-25-6-7-27(18(29)30)15(9-25)8-13-2-4-14(5-3-13)20(21,22)23/h2-5,10,15H,6-9,11-12H2,1H3,(H,29,30). The zero-order chi connectivity index (χ0) is 24.0. The third kappa shape index (κ3) is 4.87. The first-order valence-electron chi connectivity index (χ1n) is 10.2. The number of hydrogen-bond donors (Lipinski definition) is 1. The summed E-state index contributed by atoms with van der Waals surface area (Å²) in [4.78, 5) is 29.2. The van der Waals surface area contributed by atoms with Crippen molar-refractivity contribution in [3.8, 4) is 6.01 Å². The molecule has 2 aliphatic rings. The lowest BCUT2D eigenvalue weighted by Crippen LogP contribution is -2.58. The summed E-state index contributed by atoms with van der Waals surface area (Å²) in [5.41, 5.74) is -0.852. The summed E-state index contributed by atoms with van der Waals surface area (Å²) in [5.74, 6) is -0.293. The van der Waals surface area contributed by atoms with Gasteiger partial charge in [0.25, 0.3) is 0 Å². The van der Waals surface area contributed by atoms with Crippen LogP contribution in [0.25, 0.3) is 0 Å². The van der Waals surface area contributed by atoms with E-state index in [0.717, 1.165) is 12.1 Å². The molecule has 0 spiro atoms. The van der Waals surface area contributed by atoms with Gasteiger partial charge < -0.3 is 24.9 Å². The largest absolute Gasteiger partial charge is 0.465 e. The van der Waals surface area contributed by atoms with Gasteiger partial charge >= 0.3 is 24.1 Å². The minimum atomic E-state index is -4.43. The van der Waals surface area contributed by atoms with E-state index in [1.807, 2.05) is 11.8 Å². The van der Waals surface area contributed by atoms with Crippen LogP contribution in [0.15, 0.2) is 30.5 Å². The molecule has 4 rings (SSSR count). The number of benzene rings is 1. The second kappa shape index (κ2) is 8.21. The number of ether oxygens (including phenoxy) is 1. The van der Waals surface area contributed by atoms with Crippen molar-refractivity contribution in [2.45, 2.75) is 37.7 Å². The van der Waals surface area contributed by atoms with Gasteiger partial charge in [-0.15, -0.1) is 0 Å². The van der Waals surface area contributed by atoms with Gasteiger partial charge in [0, 0.05) is 31.2 Å². The molecule has 1 amide bonds. The summed E-state index contributed by atoms with van der Waals surface area (Å²) >= 11 is 0. The van der Waals surface area contributed by atoms with Gasteiger partial charge in [-0.25, -0.2) is 4.79 Å². The lowest BCUT2D eigenvalue weighted by molar-refractivity contribution is -0.389. The van der Waals surface area contributed by atoms with E-state index in [1.54, 1.807) is 4.57 Å². The van der Waals surface area contributed by atoms with E-state index in [4.69, 9.17) is 4.74 Å². The first-order valence-corrected chi connectivity index (χ1v) is 10.2. The minimum absolute atomic E-state index is 0.162. The zero-order valence-corrected chi connectivity index (χ0v) is 17.7. The summed E-state index contributed by atoms with van der Waals surface area (Å²) in [7, 11) is 0. The van der Waals surface area contributed by atoms with Crippen molar-refractivity contribution in [3.05, 3.63) is 51.7 Å². The van der Waals surface area contributed by atoms with E-state index >= 15 is 0 Å². The SMILES string of the molecule is CC1(CN2CCN(C(=O)O)C(Cc3ccc(C(F)(F)F)cc3)C2)Cn2cc([N+](=O)[O-])nc2O1. The predicted octanol–water partition coefficient (Wildman–Crippen LogP) is 2.87. The molecule has 0 aliphatic carbocycles. The number of rotatable bonds is 5. The van der Waals surface area contributed by atoms with Crippen LogP contribution in [0.5, 0.6) is 6.01 Å². The molecule has 1 N–H and O–H groups in total. The Balaban J connectivity index is 1.43. The topological polar surface area (TPSA) is 114 Å². The zero-order valence-electron chi connectivity index (χ0n) is 17.7. The van der Waals surface area contributed by atoms with Crippen LogP contribution in [0, 0.1) is 10.1 Å². The van der Waals surface area contributed by atoms with Gasteiger partial charge in [-0.05, 0) is 36.0 Å². The minimum Gasteiger partial charge on any atom is -0.465 e. The molecule has 2 unspecified atom stereocenters. The van der Waals surface area contributed by atoms with Crippen LogP contribution in [0.3, 0.4) is 0 Å². The normalized spacial score (nSPS) is 23.3. The second-order valence-corrected chi connectivity index (χ2v) is 8.58. The number of nitrogens with zero attached hydrogens (tertiary/aromatic N) is 5. The Hall–Kier alpha value is -3.35. The maximum absolute atomic E-state index is 12.8. The van der Waals surface area contributed by atoms with Crippen molar-refractivity contribution in [1.82, 2.24) is 19.4 Å². The Morgan fingerprint density at radius 2 is 2.03 bits per heavy atom. The highest BCUT2D eigenvalue weighted by Gasteiger charge is 2.43. The van der Waals surface area contributed by atoms with E-state index in [-0.39, 0.29) is 24.8 Å². The van der Waals surface area contributed by atoms with Crippen molar-refractivity contribution < 1.29 is 32.7 Å². The Labute approximate surface area is 186 Å². The predicted molar refractivity (Wildman–Crippen MR) is 108 cm³/mol. The fraction of sp³-hybridized carbons (Fsp3) is 0.500. The van der Waals surface area contributed by atoms with Crippen molar-refractivity contribution in [2.75, 3.05) is 26.2 Å². The molecule has 13 heteroatoms. The molecular weight excluding hydrogens is 447 g/mol. The number of fused-ring (bicyclic) bond motifs is 1. The van der Waals surface area contributed by atoms with Gasteiger partial charge in [-0.2, -0.15) is 13.2 Å². The molecule has 0 radical (unpaired) electrons. The Bertz CT molecular complexity index is 1030. The summed E-state index contributed by atoms with van der Waals surface area (Å²) in [6, 6.07) is 4.44. The smallest absolute Gasteiger partial charge is 0.416 e. The van der Waals surface area contributed by atoms with Crippen LogP contribution in [-0.4, -0.2) is 73.3 Å². The molecule has 1 aromatic heterocycles. The van der Waals surface area contributed by atoms with Gasteiger partial charge in [0.15, 0.2) is 0 Å². The maximum Gasteiger partial charge on any atom is 0.416 e. The number of imidazole rings is 1. The van der Waals surface area contributed by atoms with Crippen molar-refractivity contribution in [3.63, 3.8) is 0 Å². The first-order chi connectivity index (χ1) is 15.4. The number of aromatic nitrogens is 2. The molecule has 1 saturated heterocycles. The second-order valence-electron chi connectivity index (χ2n) is 8.58. The summed E-state index contributed by atoms with van der Waals surface area (Å²) in [6.45, 7) is 3.70. The highest BCUT2D eigenvalue weighted by atomic mass is 19.4. The summed E-state index contributed by atoms with van der Waals surface area (Å²) in [6.07, 6.45) is -3.93. The molecule has 2 aromatic rings. The van der Waals surface area contributed by atoms with Crippen LogP contribution >= 0.6 is 0 Å². The average Bonchev–Trinajstić information content (AvgIpc) is 3.22. The molecule has 3 heterocycles. The molecule has 1 aromatic carbocycles. The molecule has 33 heavy (non-hydrogen) atoms. The van der Waals surface area contributed by atoms with E-state index in [2.05, 4.69) is 4.98 Å². The Morgan fingerprint density at radius 1 is 1.33 bits per heavy atom. The van der Waals surface area contributed by atoms with Gasteiger partial charge in [0.1, 0.15) is 11.8 Å². The van der Waals surface area contributed by atoms with Crippen LogP contribution in [0.4, 0.5) is 23.8 Å². The van der Waals surface area contributed by atoms with Crippen LogP contribution < -0.4 is 4.74 Å². The maximum atomic E-state index is 12.8. The van der Waals surface area contributed by atoms with E-state index in [9.17, 15) is 33.2 Å². The molecule has 178 valence electrons. The first kappa shape index (κ1) is 22.8. The summed E-state index contributed by atoms with van der Waals surface area (Å²) in [5, 5.41) is 20.5. The van der Waals surface area contributed by atoms with Gasteiger partial charge in [0.2, 0.25) is 0 Å². The molecule has 2 aliphatic heterocycles. The molecule has 2 atom stereocenters. The number of carboxylic acid groups (broad SMARTS) is 1. The summed E-state index contributed by atoms with van der Waals surface area (Å²) < 4.78 is 45.9. The average molecular weight is 469 g/mol. The van der Waals surface area contributed by atoms with Gasteiger partial charge in [-0.3, -0.25) is 9.47 Å². The number of amides is 1. The molecule has 0 saturated carbocycles. The third-order valence-corrected chi connectivity index (χ3v) is 5.88. The highest BCUT2D eigenvalue weighted by molar-refractivity contribution is 5.65. The third-order valence-electron chi connectivity index (χ3n) is 5.88. The van der Waals surface area contributed by atoms with E-state index < -0.39 is 34.4 Å². The highest BCUT2D eigenvalue weighted by Crippen LogP contribution is 2.32. The monoisotopic (exact) mass is 469 g/mol. The number of hydrogen-bond acceptors (Lipinski definition) is 6. The number of piperazine rings is 1. The van der Waals surface area contributed by atoms with Crippen LogP contribution in [-0.2, 0) is 19.1 Å². The molecule has 0 bridgehead atoms.